The Labute approximate surface area is 203 Å². The number of rotatable bonds is 10. The molecule has 0 saturated carbocycles. The number of hydrogen-bond donors (Lipinski definition) is 2. The van der Waals surface area contributed by atoms with Crippen molar-refractivity contribution in [1.29, 1.82) is 0 Å². The SMILES string of the molecule is CNC(=O)[C@H](NC(CCc1ccc(C(F)(F)F)cc1)c1ccc(OC)c(OC)c1)c1ccccc1. The predicted octanol–water partition coefficient (Wildman–Crippen LogP) is 5.47. The summed E-state index contributed by atoms with van der Waals surface area (Å²) in [5.41, 5.74) is 1.74. The van der Waals surface area contributed by atoms with Gasteiger partial charge in [-0.2, -0.15) is 13.2 Å². The molecule has 35 heavy (non-hydrogen) atoms. The largest absolute Gasteiger partial charge is 0.493 e. The lowest BCUT2D eigenvalue weighted by Crippen LogP contribution is -2.38. The van der Waals surface area contributed by atoms with Crippen molar-refractivity contribution in [3.05, 3.63) is 95.1 Å². The van der Waals surface area contributed by atoms with Gasteiger partial charge in [-0.25, -0.2) is 0 Å². The molecule has 0 spiro atoms. The molecule has 0 aromatic heterocycles. The molecule has 0 aliphatic heterocycles. The number of halogens is 3. The first-order valence-corrected chi connectivity index (χ1v) is 11.2. The minimum atomic E-state index is -4.38. The van der Waals surface area contributed by atoms with Crippen molar-refractivity contribution in [1.82, 2.24) is 10.6 Å². The fraction of sp³-hybridized carbons (Fsp3) is 0.296. The summed E-state index contributed by atoms with van der Waals surface area (Å²) in [7, 11) is 4.67. The van der Waals surface area contributed by atoms with E-state index in [9.17, 15) is 18.0 Å². The number of aryl methyl sites for hydroxylation is 1. The number of alkyl halides is 3. The molecule has 5 nitrogen and oxygen atoms in total. The number of nitrogens with one attached hydrogen (secondary N) is 2. The summed E-state index contributed by atoms with van der Waals surface area (Å²) in [6.45, 7) is 0. The minimum Gasteiger partial charge on any atom is -0.493 e. The van der Waals surface area contributed by atoms with Crippen molar-refractivity contribution >= 4 is 5.91 Å². The molecular formula is C27H29F3N2O3. The number of carbonyl (C=O) groups excluding carboxylic acids is 1. The van der Waals surface area contributed by atoms with Crippen LogP contribution in [0.15, 0.2) is 72.8 Å². The summed E-state index contributed by atoms with van der Waals surface area (Å²) in [5.74, 6) is 0.919. The first kappa shape index (κ1) is 26.1. The lowest BCUT2D eigenvalue weighted by molar-refractivity contribution is -0.137. The molecule has 8 heteroatoms. The van der Waals surface area contributed by atoms with E-state index in [-0.39, 0.29) is 11.9 Å². The molecule has 1 unspecified atom stereocenters. The zero-order valence-corrected chi connectivity index (χ0v) is 19.9. The highest BCUT2D eigenvalue weighted by Gasteiger charge is 2.30. The highest BCUT2D eigenvalue weighted by Crippen LogP contribution is 2.33. The van der Waals surface area contributed by atoms with Crippen molar-refractivity contribution in [2.75, 3.05) is 21.3 Å². The Morgan fingerprint density at radius 3 is 2.11 bits per heavy atom. The number of benzene rings is 3. The summed E-state index contributed by atoms with van der Waals surface area (Å²) < 4.78 is 49.6. The van der Waals surface area contributed by atoms with E-state index in [4.69, 9.17) is 9.47 Å². The molecule has 0 radical (unpaired) electrons. The smallest absolute Gasteiger partial charge is 0.416 e. The van der Waals surface area contributed by atoms with Crippen LogP contribution in [0.25, 0.3) is 0 Å². The fourth-order valence-corrected chi connectivity index (χ4v) is 3.90. The third-order valence-electron chi connectivity index (χ3n) is 5.82. The van der Waals surface area contributed by atoms with Crippen LogP contribution in [-0.2, 0) is 17.4 Å². The molecule has 3 aromatic rings. The van der Waals surface area contributed by atoms with Crippen LogP contribution in [0.4, 0.5) is 13.2 Å². The number of hydrogen-bond acceptors (Lipinski definition) is 4. The van der Waals surface area contributed by atoms with Gasteiger partial charge in [-0.15, -0.1) is 0 Å². The standard InChI is InChI=1S/C27H29F3N2O3/c1-31-26(33)25(19-7-5-4-6-8-19)32-22(20-12-16-23(34-2)24(17-20)35-3)15-11-18-9-13-21(14-10-18)27(28,29)30/h4-10,12-14,16-17,22,25,32H,11,15H2,1-3H3,(H,31,33)/t22?,25-/m1/s1. The Hall–Kier alpha value is -3.52. The normalized spacial score (nSPS) is 13.1. The van der Waals surface area contributed by atoms with Gasteiger partial charge >= 0.3 is 6.18 Å². The van der Waals surface area contributed by atoms with E-state index in [1.807, 2.05) is 42.5 Å². The van der Waals surface area contributed by atoms with Gasteiger partial charge in [0.1, 0.15) is 6.04 Å². The zero-order chi connectivity index (χ0) is 25.4. The Bertz CT molecular complexity index is 1100. The number of amides is 1. The maximum absolute atomic E-state index is 12.9. The van der Waals surface area contributed by atoms with Crippen molar-refractivity contribution in [3.8, 4) is 11.5 Å². The molecular weight excluding hydrogens is 457 g/mol. The van der Waals surface area contributed by atoms with E-state index < -0.39 is 17.8 Å². The lowest BCUT2D eigenvalue weighted by Gasteiger charge is -2.26. The van der Waals surface area contributed by atoms with Crippen LogP contribution in [-0.4, -0.2) is 27.2 Å². The number of methoxy groups -OCH3 is 2. The van der Waals surface area contributed by atoms with Gasteiger partial charge < -0.3 is 14.8 Å². The van der Waals surface area contributed by atoms with E-state index in [2.05, 4.69) is 10.6 Å². The molecule has 0 heterocycles. The maximum Gasteiger partial charge on any atom is 0.416 e. The number of likely N-dealkylation sites (N-methyl/N-ethyl adjacent to an activating group) is 1. The summed E-state index contributed by atoms with van der Waals surface area (Å²) in [5, 5.41) is 6.15. The van der Waals surface area contributed by atoms with Gasteiger partial charge in [0, 0.05) is 13.1 Å². The molecule has 3 aromatic carbocycles. The fourth-order valence-electron chi connectivity index (χ4n) is 3.90. The Kier molecular flexibility index (Phi) is 8.76. The molecule has 0 fully saturated rings. The van der Waals surface area contributed by atoms with Crippen LogP contribution >= 0.6 is 0 Å². The molecule has 0 aliphatic carbocycles. The summed E-state index contributed by atoms with van der Waals surface area (Å²) in [6.07, 6.45) is -3.35. The average Bonchev–Trinajstić information content (AvgIpc) is 2.88. The number of carbonyl (C=O) groups is 1. The first-order chi connectivity index (χ1) is 16.8. The summed E-state index contributed by atoms with van der Waals surface area (Å²) >= 11 is 0. The molecule has 2 N–H and O–H groups in total. The van der Waals surface area contributed by atoms with Crippen molar-refractivity contribution in [2.24, 2.45) is 0 Å². The molecule has 0 bridgehead atoms. The van der Waals surface area contributed by atoms with Crippen LogP contribution in [0.1, 0.15) is 40.8 Å². The second-order valence-electron chi connectivity index (χ2n) is 8.02. The summed E-state index contributed by atoms with van der Waals surface area (Å²) in [4.78, 5) is 12.8. The maximum atomic E-state index is 12.9. The van der Waals surface area contributed by atoms with E-state index in [0.29, 0.717) is 24.3 Å². The minimum absolute atomic E-state index is 0.198. The molecule has 2 atom stereocenters. The molecule has 0 saturated heterocycles. The van der Waals surface area contributed by atoms with Crippen LogP contribution in [0.2, 0.25) is 0 Å². The van der Waals surface area contributed by atoms with Crippen LogP contribution in [0.3, 0.4) is 0 Å². The molecule has 0 aliphatic rings. The van der Waals surface area contributed by atoms with Crippen LogP contribution in [0, 0.1) is 0 Å². The van der Waals surface area contributed by atoms with Gasteiger partial charge in [-0.3, -0.25) is 10.1 Å². The first-order valence-electron chi connectivity index (χ1n) is 11.2. The summed E-state index contributed by atoms with van der Waals surface area (Å²) in [6, 6.07) is 19.1. The van der Waals surface area contributed by atoms with Gasteiger partial charge in [0.2, 0.25) is 5.91 Å². The van der Waals surface area contributed by atoms with Gasteiger partial charge in [-0.1, -0.05) is 48.5 Å². The second kappa shape index (κ2) is 11.8. The highest BCUT2D eigenvalue weighted by atomic mass is 19.4. The molecule has 1 amide bonds. The van der Waals surface area contributed by atoms with E-state index in [1.54, 1.807) is 27.3 Å². The van der Waals surface area contributed by atoms with Crippen molar-refractivity contribution in [3.63, 3.8) is 0 Å². The average molecular weight is 487 g/mol. The third-order valence-corrected chi connectivity index (χ3v) is 5.82. The topological polar surface area (TPSA) is 59.6 Å². The Morgan fingerprint density at radius 1 is 0.886 bits per heavy atom. The van der Waals surface area contributed by atoms with Crippen LogP contribution in [0.5, 0.6) is 11.5 Å². The lowest BCUT2D eigenvalue weighted by atomic mass is 9.95. The highest BCUT2D eigenvalue weighted by molar-refractivity contribution is 5.83. The van der Waals surface area contributed by atoms with Gasteiger partial charge in [0.05, 0.1) is 19.8 Å². The van der Waals surface area contributed by atoms with Crippen molar-refractivity contribution in [2.45, 2.75) is 31.1 Å². The quantitative estimate of drug-likeness (QED) is 0.399. The van der Waals surface area contributed by atoms with Gasteiger partial charge in [0.25, 0.3) is 0 Å². The predicted molar refractivity (Wildman–Crippen MR) is 128 cm³/mol. The van der Waals surface area contributed by atoms with Gasteiger partial charge in [-0.05, 0) is 53.8 Å². The second-order valence-corrected chi connectivity index (χ2v) is 8.02. The van der Waals surface area contributed by atoms with Gasteiger partial charge in [0.15, 0.2) is 11.5 Å². The van der Waals surface area contributed by atoms with E-state index in [0.717, 1.165) is 28.8 Å². The molecule has 3 rings (SSSR count). The Morgan fingerprint density at radius 2 is 1.54 bits per heavy atom. The van der Waals surface area contributed by atoms with Crippen molar-refractivity contribution < 1.29 is 27.4 Å². The monoisotopic (exact) mass is 486 g/mol. The number of ether oxygens (including phenoxy) is 2. The Balaban J connectivity index is 1.91. The van der Waals surface area contributed by atoms with Crippen LogP contribution < -0.4 is 20.1 Å². The van der Waals surface area contributed by atoms with E-state index in [1.165, 1.54) is 12.1 Å². The third kappa shape index (κ3) is 6.76. The molecule has 186 valence electrons. The zero-order valence-electron chi connectivity index (χ0n) is 19.9. The van der Waals surface area contributed by atoms with E-state index >= 15 is 0 Å².